The second-order valence-electron chi connectivity index (χ2n) is 5.89. The van der Waals surface area contributed by atoms with Crippen LogP contribution in [-0.4, -0.2) is 41.2 Å². The minimum Gasteiger partial charge on any atom is -0.493 e. The number of nitrogens with one attached hydrogen (secondary N) is 1. The fourth-order valence-electron chi connectivity index (χ4n) is 2.70. The first-order valence-corrected chi connectivity index (χ1v) is 9.94. The molecule has 0 heterocycles. The summed E-state index contributed by atoms with van der Waals surface area (Å²) in [6.07, 6.45) is 0. The Morgan fingerprint density at radius 1 is 1.18 bits per heavy atom. The molecule has 1 N–H and O–H groups in total. The maximum atomic E-state index is 11.9. The number of anilines is 1. The van der Waals surface area contributed by atoms with Gasteiger partial charge in [0.1, 0.15) is 5.69 Å². The molecule has 152 valence electrons. The molecule has 2 rings (SSSR count). The zero-order valence-electron chi connectivity index (χ0n) is 16.1. The number of benzene rings is 2. The zero-order chi connectivity index (χ0) is 20.9. The van der Waals surface area contributed by atoms with Gasteiger partial charge in [-0.05, 0) is 43.8 Å². The van der Waals surface area contributed by atoms with E-state index in [0.717, 1.165) is 11.6 Å². The van der Waals surface area contributed by atoms with Crippen molar-refractivity contribution in [3.63, 3.8) is 0 Å². The Bertz CT molecular complexity index is 962. The summed E-state index contributed by atoms with van der Waals surface area (Å²) in [5, 5.41) is 11.5. The predicted octanol–water partition coefficient (Wildman–Crippen LogP) is 2.55. The fourth-order valence-corrected chi connectivity index (χ4v) is 3.45. The average molecular weight is 409 g/mol. The van der Waals surface area contributed by atoms with Crippen LogP contribution >= 0.6 is 0 Å². The maximum Gasteiger partial charge on any atom is 0.293 e. The Kier molecular flexibility index (Phi) is 6.81. The lowest BCUT2D eigenvalue weighted by molar-refractivity contribution is -0.384. The molecule has 0 aliphatic rings. The van der Waals surface area contributed by atoms with Crippen molar-refractivity contribution in [3.8, 4) is 11.5 Å². The molecule has 0 aromatic heterocycles. The smallest absolute Gasteiger partial charge is 0.293 e. The van der Waals surface area contributed by atoms with Crippen molar-refractivity contribution in [1.29, 1.82) is 0 Å². The minimum absolute atomic E-state index is 0.165. The molecule has 0 atom stereocenters. The molecular formula is C18H23N3O6S. The number of hydrogen-bond acceptors (Lipinski definition) is 7. The third-order valence-electron chi connectivity index (χ3n) is 4.08. The SMILES string of the molecule is CCOc1ccc(CN(C)c2ccc(S(=O)(=O)NC)cc2[N+](=O)[O-])cc1OC. The summed E-state index contributed by atoms with van der Waals surface area (Å²) in [4.78, 5) is 12.4. The highest BCUT2D eigenvalue weighted by Gasteiger charge is 2.22. The van der Waals surface area contributed by atoms with Crippen molar-refractivity contribution in [2.24, 2.45) is 0 Å². The van der Waals surface area contributed by atoms with Gasteiger partial charge in [-0.25, -0.2) is 13.1 Å². The minimum atomic E-state index is -3.78. The van der Waals surface area contributed by atoms with Crippen LogP contribution in [-0.2, 0) is 16.6 Å². The molecule has 2 aromatic carbocycles. The zero-order valence-corrected chi connectivity index (χ0v) is 16.9. The highest BCUT2D eigenvalue weighted by Crippen LogP contribution is 2.33. The van der Waals surface area contributed by atoms with Gasteiger partial charge in [0, 0.05) is 19.7 Å². The van der Waals surface area contributed by atoms with Crippen LogP contribution in [0.25, 0.3) is 0 Å². The van der Waals surface area contributed by atoms with Crippen LogP contribution < -0.4 is 19.1 Å². The van der Waals surface area contributed by atoms with Crippen LogP contribution in [0.2, 0.25) is 0 Å². The number of sulfonamides is 1. The number of methoxy groups -OCH3 is 1. The Labute approximate surface area is 164 Å². The fraction of sp³-hybridized carbons (Fsp3) is 0.333. The van der Waals surface area contributed by atoms with E-state index in [1.807, 2.05) is 13.0 Å². The summed E-state index contributed by atoms with van der Waals surface area (Å²) >= 11 is 0. The molecule has 0 aliphatic heterocycles. The lowest BCUT2D eigenvalue weighted by atomic mass is 10.1. The molecule has 0 saturated heterocycles. The van der Waals surface area contributed by atoms with Crippen LogP contribution in [0.3, 0.4) is 0 Å². The summed E-state index contributed by atoms with van der Waals surface area (Å²) in [5.41, 5.74) is 0.855. The van der Waals surface area contributed by atoms with Gasteiger partial charge < -0.3 is 14.4 Å². The second-order valence-corrected chi connectivity index (χ2v) is 7.78. The van der Waals surface area contributed by atoms with Crippen molar-refractivity contribution >= 4 is 21.4 Å². The monoisotopic (exact) mass is 409 g/mol. The van der Waals surface area contributed by atoms with E-state index in [4.69, 9.17) is 9.47 Å². The Morgan fingerprint density at radius 2 is 1.89 bits per heavy atom. The molecule has 0 amide bonds. The molecule has 0 spiro atoms. The first-order chi connectivity index (χ1) is 13.2. The van der Waals surface area contributed by atoms with E-state index < -0.39 is 14.9 Å². The van der Waals surface area contributed by atoms with Gasteiger partial charge in [-0.3, -0.25) is 10.1 Å². The van der Waals surface area contributed by atoms with Gasteiger partial charge in [0.25, 0.3) is 5.69 Å². The topological polar surface area (TPSA) is 111 Å². The van der Waals surface area contributed by atoms with Gasteiger partial charge in [-0.15, -0.1) is 0 Å². The van der Waals surface area contributed by atoms with E-state index in [1.54, 1.807) is 24.1 Å². The van der Waals surface area contributed by atoms with Crippen LogP contribution in [0.1, 0.15) is 12.5 Å². The van der Waals surface area contributed by atoms with Crippen molar-refractivity contribution < 1.29 is 22.8 Å². The summed E-state index contributed by atoms with van der Waals surface area (Å²) in [6.45, 7) is 2.73. The van der Waals surface area contributed by atoms with E-state index in [2.05, 4.69) is 4.72 Å². The van der Waals surface area contributed by atoms with Crippen molar-refractivity contribution in [2.75, 3.05) is 32.7 Å². The van der Waals surface area contributed by atoms with Gasteiger partial charge in [-0.2, -0.15) is 0 Å². The van der Waals surface area contributed by atoms with Crippen molar-refractivity contribution in [2.45, 2.75) is 18.4 Å². The van der Waals surface area contributed by atoms with E-state index in [-0.39, 0.29) is 10.6 Å². The highest BCUT2D eigenvalue weighted by atomic mass is 32.2. The second kappa shape index (κ2) is 8.89. The molecule has 0 aliphatic carbocycles. The molecule has 0 fully saturated rings. The Hall–Kier alpha value is -2.85. The van der Waals surface area contributed by atoms with Gasteiger partial charge in [0.05, 0.1) is 23.5 Å². The van der Waals surface area contributed by atoms with Crippen LogP contribution in [0.5, 0.6) is 11.5 Å². The quantitative estimate of drug-likeness (QED) is 0.500. The average Bonchev–Trinajstić information content (AvgIpc) is 2.68. The number of nitro groups is 1. The predicted molar refractivity (Wildman–Crippen MR) is 106 cm³/mol. The number of rotatable bonds is 9. The highest BCUT2D eigenvalue weighted by molar-refractivity contribution is 7.89. The van der Waals surface area contributed by atoms with Crippen molar-refractivity contribution in [1.82, 2.24) is 4.72 Å². The Balaban J connectivity index is 2.36. The molecular weight excluding hydrogens is 386 g/mol. The summed E-state index contributed by atoms with van der Waals surface area (Å²) in [5.74, 6) is 1.18. The van der Waals surface area contributed by atoms with E-state index in [1.165, 1.54) is 26.3 Å². The van der Waals surface area contributed by atoms with E-state index >= 15 is 0 Å². The van der Waals surface area contributed by atoms with Crippen LogP contribution in [0.4, 0.5) is 11.4 Å². The molecule has 28 heavy (non-hydrogen) atoms. The lowest BCUT2D eigenvalue weighted by Gasteiger charge is -2.20. The molecule has 0 radical (unpaired) electrons. The molecule has 0 saturated carbocycles. The number of ether oxygens (including phenoxy) is 2. The molecule has 0 unspecified atom stereocenters. The molecule has 2 aromatic rings. The number of nitrogens with zero attached hydrogens (tertiary/aromatic N) is 2. The van der Waals surface area contributed by atoms with E-state index in [0.29, 0.717) is 30.3 Å². The van der Waals surface area contributed by atoms with Gasteiger partial charge in [-0.1, -0.05) is 6.07 Å². The molecule has 9 nitrogen and oxygen atoms in total. The third kappa shape index (κ3) is 4.70. The number of hydrogen-bond donors (Lipinski definition) is 1. The summed E-state index contributed by atoms with van der Waals surface area (Å²) in [7, 11) is 0.703. The lowest BCUT2D eigenvalue weighted by Crippen LogP contribution is -2.20. The largest absolute Gasteiger partial charge is 0.493 e. The van der Waals surface area contributed by atoms with Crippen LogP contribution in [0, 0.1) is 10.1 Å². The standard InChI is InChI=1S/C18H23N3O6S/c1-5-27-17-9-6-13(10-18(17)26-4)12-20(3)15-8-7-14(28(24,25)19-2)11-16(15)21(22)23/h6-11,19H,5,12H2,1-4H3. The third-order valence-corrected chi connectivity index (χ3v) is 5.49. The van der Waals surface area contributed by atoms with Gasteiger partial charge >= 0.3 is 0 Å². The summed E-state index contributed by atoms with van der Waals surface area (Å²) < 4.78 is 36.8. The van der Waals surface area contributed by atoms with E-state index in [9.17, 15) is 18.5 Å². The number of nitro benzene ring substituents is 1. The normalized spacial score (nSPS) is 11.1. The Morgan fingerprint density at radius 3 is 2.46 bits per heavy atom. The first-order valence-electron chi connectivity index (χ1n) is 8.46. The van der Waals surface area contributed by atoms with Crippen LogP contribution in [0.15, 0.2) is 41.3 Å². The van der Waals surface area contributed by atoms with Crippen molar-refractivity contribution in [3.05, 3.63) is 52.1 Å². The first kappa shape index (κ1) is 21.5. The molecule has 10 heteroatoms. The summed E-state index contributed by atoms with van der Waals surface area (Å²) in [6, 6.07) is 9.24. The van der Waals surface area contributed by atoms with Gasteiger partial charge in [0.15, 0.2) is 11.5 Å². The maximum absolute atomic E-state index is 11.9. The van der Waals surface area contributed by atoms with Gasteiger partial charge in [0.2, 0.25) is 10.0 Å². The molecule has 0 bridgehead atoms.